The molecule has 0 aliphatic heterocycles. The molecule has 0 spiro atoms. The van der Waals surface area contributed by atoms with Crippen molar-refractivity contribution in [3.8, 4) is 0 Å². The van der Waals surface area contributed by atoms with Gasteiger partial charge >= 0.3 is 15.2 Å². The average molecular weight is 509 g/mol. The molecule has 0 aromatic heterocycles. The van der Waals surface area contributed by atoms with Gasteiger partial charge in [-0.15, -0.1) is 0 Å². The summed E-state index contributed by atoms with van der Waals surface area (Å²) in [6.07, 6.45) is 1.50. The highest BCUT2D eigenvalue weighted by atomic mass is 35.5. The topological polar surface area (TPSA) is 95.1 Å². The first-order chi connectivity index (χ1) is 13.7. The van der Waals surface area contributed by atoms with Crippen molar-refractivity contribution in [3.05, 3.63) is 21.9 Å². The van der Waals surface area contributed by atoms with Gasteiger partial charge in [-0.1, -0.05) is 23.2 Å². The van der Waals surface area contributed by atoms with Gasteiger partial charge in [0.1, 0.15) is 9.55 Å². The molecule has 0 unspecified atom stereocenters. The Kier molecular flexibility index (Phi) is 14.2. The molecule has 30 heavy (non-hydrogen) atoms. The lowest BCUT2D eigenvalue weighted by molar-refractivity contribution is 0.147. The van der Waals surface area contributed by atoms with Crippen LogP contribution in [0.1, 0.15) is 55.4 Å². The van der Waals surface area contributed by atoms with Crippen LogP contribution in [0.25, 0.3) is 0 Å². The van der Waals surface area contributed by atoms with Crippen molar-refractivity contribution in [2.45, 2.75) is 79.8 Å². The van der Waals surface area contributed by atoms with Gasteiger partial charge in [-0.25, -0.2) is 0 Å². The summed E-state index contributed by atoms with van der Waals surface area (Å²) in [7, 11) is -7.21. The van der Waals surface area contributed by atoms with E-state index < -0.39 is 15.2 Å². The Morgan fingerprint density at radius 2 is 0.900 bits per heavy atom. The molecule has 0 aliphatic carbocycles. The molecule has 0 aromatic carbocycles. The summed E-state index contributed by atoms with van der Waals surface area (Å²) in [4.78, 5) is 0. The molecule has 0 rings (SSSR count). The number of hydrogen-bond acceptors (Lipinski definition) is 8. The van der Waals surface area contributed by atoms with E-state index in [1.807, 2.05) is 0 Å². The van der Waals surface area contributed by atoms with E-state index in [2.05, 4.69) is 10.6 Å². The molecule has 8 nitrogen and oxygen atoms in total. The molecule has 0 atom stereocenters. The summed E-state index contributed by atoms with van der Waals surface area (Å²) in [5, 5.41) is 5.84. The number of halogens is 2. The van der Waals surface area contributed by atoms with Crippen LogP contribution < -0.4 is 10.6 Å². The first-order valence-corrected chi connectivity index (χ1v) is 13.7. The maximum atomic E-state index is 12.8. The lowest BCUT2D eigenvalue weighted by Crippen LogP contribution is -2.21. The van der Waals surface area contributed by atoms with Crippen LogP contribution in [0, 0.1) is 0 Å². The molecular formula is C18H36Cl2N2O6P2. The summed E-state index contributed by atoms with van der Waals surface area (Å²) < 4.78 is 47.3. The Bertz CT molecular complexity index is 585. The monoisotopic (exact) mass is 508 g/mol. The van der Waals surface area contributed by atoms with Crippen molar-refractivity contribution in [2.75, 3.05) is 13.1 Å². The van der Waals surface area contributed by atoms with E-state index in [1.54, 1.807) is 55.4 Å². The lowest BCUT2D eigenvalue weighted by atomic mass is 10.5. The second-order valence-corrected chi connectivity index (χ2v) is 12.6. The zero-order valence-corrected chi connectivity index (χ0v) is 22.3. The molecule has 0 aliphatic rings. The molecule has 12 heteroatoms. The van der Waals surface area contributed by atoms with Gasteiger partial charge in [0.25, 0.3) is 0 Å². The third-order valence-electron chi connectivity index (χ3n) is 2.78. The fourth-order valence-corrected chi connectivity index (χ4v) is 5.83. The number of nitrogens with one attached hydrogen (secondary N) is 2. The molecule has 0 amide bonds. The Morgan fingerprint density at radius 3 is 1.10 bits per heavy atom. The molecule has 178 valence electrons. The molecule has 0 saturated carbocycles. The van der Waals surface area contributed by atoms with Gasteiger partial charge < -0.3 is 28.7 Å². The average Bonchev–Trinajstić information content (AvgIpc) is 2.54. The number of rotatable bonds is 15. The van der Waals surface area contributed by atoms with Crippen LogP contribution in [-0.4, -0.2) is 37.5 Å². The lowest BCUT2D eigenvalue weighted by Gasteiger charge is -2.22. The molecule has 0 radical (unpaired) electrons. The van der Waals surface area contributed by atoms with E-state index >= 15 is 0 Å². The highest BCUT2D eigenvalue weighted by Gasteiger charge is 2.33. The maximum Gasteiger partial charge on any atom is 0.374 e. The molecule has 2 N–H and O–H groups in total. The highest BCUT2D eigenvalue weighted by Crippen LogP contribution is 2.60. The van der Waals surface area contributed by atoms with E-state index in [-0.39, 0.29) is 34.0 Å². The first-order valence-electron chi connectivity index (χ1n) is 9.84. The second-order valence-electron chi connectivity index (χ2n) is 7.45. The van der Waals surface area contributed by atoms with Gasteiger partial charge in [-0.2, -0.15) is 0 Å². The number of hydrogen-bond donors (Lipinski definition) is 2. The van der Waals surface area contributed by atoms with Crippen molar-refractivity contribution < 1.29 is 27.2 Å². The van der Waals surface area contributed by atoms with Crippen molar-refractivity contribution in [2.24, 2.45) is 0 Å². The van der Waals surface area contributed by atoms with Crippen LogP contribution in [0.3, 0.4) is 0 Å². The molecule has 0 saturated heterocycles. The summed E-state index contributed by atoms with van der Waals surface area (Å²) in [6.45, 7) is 14.8. The normalized spacial score (nSPS) is 14.3. The standard InChI is InChI=1S/C18H36Cl2N2O6P2/c1-13(2)25-29(23,26-14(3)4)17(19)11-21-9-10-22-12-18(20)30(24,27-15(5)6)28-16(7)8/h11-16,21-22H,9-10H2,1-8H3/b17-11+,18-12+. The van der Waals surface area contributed by atoms with E-state index in [4.69, 9.17) is 41.3 Å². The summed E-state index contributed by atoms with van der Waals surface area (Å²) >= 11 is 12.3. The van der Waals surface area contributed by atoms with Crippen molar-refractivity contribution in [1.82, 2.24) is 10.6 Å². The second kappa shape index (κ2) is 14.2. The quantitative estimate of drug-likeness (QED) is 0.196. The fourth-order valence-electron chi connectivity index (χ4n) is 1.98. The van der Waals surface area contributed by atoms with Gasteiger partial charge in [-0.3, -0.25) is 9.13 Å². The minimum Gasteiger partial charge on any atom is -0.388 e. The van der Waals surface area contributed by atoms with Gasteiger partial charge in [-0.05, 0) is 55.4 Å². The molecule has 0 fully saturated rings. The zero-order chi connectivity index (χ0) is 23.5. The van der Waals surface area contributed by atoms with Crippen molar-refractivity contribution >= 4 is 38.4 Å². The van der Waals surface area contributed by atoms with E-state index in [9.17, 15) is 9.13 Å². The van der Waals surface area contributed by atoms with Crippen LogP contribution in [0.2, 0.25) is 0 Å². The maximum absolute atomic E-state index is 12.8. The third kappa shape index (κ3) is 12.1. The van der Waals surface area contributed by atoms with E-state index in [0.717, 1.165) is 0 Å². The molecule has 0 heterocycles. The van der Waals surface area contributed by atoms with Gasteiger partial charge in [0, 0.05) is 25.5 Å². The van der Waals surface area contributed by atoms with Gasteiger partial charge in [0.2, 0.25) is 0 Å². The van der Waals surface area contributed by atoms with Crippen LogP contribution in [0.4, 0.5) is 0 Å². The minimum absolute atomic E-state index is 0.0429. The van der Waals surface area contributed by atoms with Crippen LogP contribution in [-0.2, 0) is 27.2 Å². The smallest absolute Gasteiger partial charge is 0.374 e. The minimum atomic E-state index is -3.60. The highest BCUT2D eigenvalue weighted by molar-refractivity contribution is 7.61. The molecule has 0 bridgehead atoms. The SMILES string of the molecule is CC(C)OP(=O)(OC(C)C)/C(Cl)=C/NCCN/C=C(\Cl)P(=O)(OC(C)C)OC(C)C. The Morgan fingerprint density at radius 1 is 0.667 bits per heavy atom. The third-order valence-corrected chi connectivity index (χ3v) is 8.34. The summed E-state index contributed by atoms with van der Waals surface area (Å²) in [5.41, 5.74) is 0. The predicted octanol–water partition coefficient (Wildman–Crippen LogP) is 6.33. The van der Waals surface area contributed by atoms with Crippen LogP contribution in [0.5, 0.6) is 0 Å². The van der Waals surface area contributed by atoms with Crippen LogP contribution >= 0.6 is 38.4 Å². The molecule has 0 aromatic rings. The Hall–Kier alpha value is -0.0400. The largest absolute Gasteiger partial charge is 0.388 e. The predicted molar refractivity (Wildman–Crippen MR) is 124 cm³/mol. The zero-order valence-electron chi connectivity index (χ0n) is 19.0. The van der Waals surface area contributed by atoms with E-state index in [0.29, 0.717) is 13.1 Å². The summed E-state index contributed by atoms with van der Waals surface area (Å²) in [6, 6.07) is 0. The Balaban J connectivity index is 4.85. The van der Waals surface area contributed by atoms with Crippen molar-refractivity contribution in [3.63, 3.8) is 0 Å². The van der Waals surface area contributed by atoms with E-state index in [1.165, 1.54) is 12.4 Å². The molecular weight excluding hydrogens is 473 g/mol. The van der Waals surface area contributed by atoms with Gasteiger partial charge in [0.05, 0.1) is 24.4 Å². The summed E-state index contributed by atoms with van der Waals surface area (Å²) in [5.74, 6) is 0. The van der Waals surface area contributed by atoms with Crippen LogP contribution in [0.15, 0.2) is 21.9 Å². The Labute approximate surface area is 191 Å². The fraction of sp³-hybridized carbons (Fsp3) is 0.778. The first kappa shape index (κ1) is 30.0. The van der Waals surface area contributed by atoms with Gasteiger partial charge in [0.15, 0.2) is 0 Å². The van der Waals surface area contributed by atoms with Crippen molar-refractivity contribution in [1.29, 1.82) is 0 Å².